The Hall–Kier alpha value is -2.70. The highest BCUT2D eigenvalue weighted by Gasteiger charge is 2.42. The van der Waals surface area contributed by atoms with E-state index in [9.17, 15) is 4.79 Å². The third kappa shape index (κ3) is 3.21. The van der Waals surface area contributed by atoms with E-state index in [0.29, 0.717) is 18.1 Å². The molecule has 0 saturated heterocycles. The van der Waals surface area contributed by atoms with Gasteiger partial charge in [-0.05, 0) is 18.4 Å². The van der Waals surface area contributed by atoms with Crippen LogP contribution in [0.3, 0.4) is 0 Å². The average molecular weight is 354 g/mol. The monoisotopic (exact) mass is 354 g/mol. The van der Waals surface area contributed by atoms with E-state index in [1.54, 1.807) is 6.92 Å². The average Bonchev–Trinajstić information content (AvgIpc) is 3.33. The van der Waals surface area contributed by atoms with Gasteiger partial charge < -0.3 is 14.7 Å². The molecule has 1 amide bonds. The number of carbonyl (C=O) groups excluding carboxylic acids is 1. The maximum absolute atomic E-state index is 12.9. The van der Waals surface area contributed by atoms with Gasteiger partial charge in [0.25, 0.3) is 5.91 Å². The summed E-state index contributed by atoms with van der Waals surface area (Å²) in [5, 5.41) is 11.3. The van der Waals surface area contributed by atoms with Crippen molar-refractivity contribution in [3.8, 4) is 0 Å². The van der Waals surface area contributed by atoms with E-state index < -0.39 is 11.6 Å². The summed E-state index contributed by atoms with van der Waals surface area (Å²) in [7, 11) is 0. The van der Waals surface area contributed by atoms with E-state index in [4.69, 9.17) is 9.36 Å². The molecule has 1 atom stereocenters. The number of amides is 1. The largest absolute Gasteiger partial charge is 0.382 e. The molecule has 7 heteroatoms. The van der Waals surface area contributed by atoms with E-state index in [1.165, 1.54) is 0 Å². The van der Waals surface area contributed by atoms with Crippen LogP contribution in [0.25, 0.3) is 0 Å². The summed E-state index contributed by atoms with van der Waals surface area (Å²) in [4.78, 5) is 22.7. The third-order valence-corrected chi connectivity index (χ3v) is 5.09. The quantitative estimate of drug-likeness (QED) is 0.912. The number of oxime groups is 1. The molecule has 0 radical (unpaired) electrons. The van der Waals surface area contributed by atoms with Crippen molar-refractivity contribution in [2.75, 3.05) is 0 Å². The Kier molecular flexibility index (Phi) is 4.44. The molecule has 0 spiro atoms. The van der Waals surface area contributed by atoms with E-state index >= 15 is 0 Å². The highest BCUT2D eigenvalue weighted by Crippen LogP contribution is 2.36. The van der Waals surface area contributed by atoms with Gasteiger partial charge in [0, 0.05) is 13.3 Å². The number of rotatable bonds is 4. The van der Waals surface area contributed by atoms with Crippen molar-refractivity contribution in [1.82, 2.24) is 15.5 Å². The second kappa shape index (κ2) is 6.90. The zero-order chi connectivity index (χ0) is 18.0. The minimum absolute atomic E-state index is 0.177. The summed E-state index contributed by atoms with van der Waals surface area (Å²) in [6.07, 6.45) is 4.62. The van der Waals surface area contributed by atoms with Crippen LogP contribution in [0.2, 0.25) is 0 Å². The van der Waals surface area contributed by atoms with Crippen LogP contribution in [0.15, 0.2) is 40.0 Å². The van der Waals surface area contributed by atoms with E-state index in [2.05, 4.69) is 20.6 Å². The molecule has 2 aromatic rings. The van der Waals surface area contributed by atoms with Crippen molar-refractivity contribution in [2.45, 2.75) is 57.1 Å². The lowest BCUT2D eigenvalue weighted by molar-refractivity contribution is -0.134. The van der Waals surface area contributed by atoms with Crippen LogP contribution in [0.1, 0.15) is 55.8 Å². The number of hydrogen-bond donors (Lipinski definition) is 1. The second-order valence-electron chi connectivity index (χ2n) is 6.97. The maximum Gasteiger partial charge on any atom is 0.265 e. The first kappa shape index (κ1) is 16.8. The van der Waals surface area contributed by atoms with Crippen LogP contribution < -0.4 is 5.32 Å². The highest BCUT2D eigenvalue weighted by molar-refractivity contribution is 6.04. The first-order valence-corrected chi connectivity index (χ1v) is 9.07. The molecular formula is C19H22N4O3. The van der Waals surface area contributed by atoms with Crippen LogP contribution in [-0.4, -0.2) is 27.9 Å². The number of aromatic nitrogens is 2. The van der Waals surface area contributed by atoms with Gasteiger partial charge in [-0.2, -0.15) is 4.98 Å². The zero-order valence-corrected chi connectivity index (χ0v) is 14.8. The number of nitrogens with one attached hydrogen (secondary N) is 1. The summed E-state index contributed by atoms with van der Waals surface area (Å²) in [5.41, 5.74) is 1.19. The predicted octanol–water partition coefficient (Wildman–Crippen LogP) is 2.85. The second-order valence-corrected chi connectivity index (χ2v) is 6.97. The van der Waals surface area contributed by atoms with Gasteiger partial charge in [-0.15, -0.1) is 0 Å². The lowest BCUT2D eigenvalue weighted by Crippen LogP contribution is -2.51. The van der Waals surface area contributed by atoms with Gasteiger partial charge in [0.2, 0.25) is 12.0 Å². The minimum Gasteiger partial charge on any atom is -0.382 e. The number of benzene rings is 1. The van der Waals surface area contributed by atoms with Crippen molar-refractivity contribution in [2.24, 2.45) is 5.16 Å². The molecule has 2 aliphatic rings. The molecular weight excluding hydrogens is 332 g/mol. The molecule has 7 nitrogen and oxygen atoms in total. The van der Waals surface area contributed by atoms with Crippen molar-refractivity contribution in [1.29, 1.82) is 0 Å². The molecule has 1 aliphatic heterocycles. The molecule has 1 unspecified atom stereocenters. The van der Waals surface area contributed by atoms with E-state index in [1.807, 2.05) is 30.3 Å². The lowest BCUT2D eigenvalue weighted by Gasteiger charge is -2.35. The molecule has 2 heterocycles. The molecule has 1 N–H and O–H groups in total. The SMILES string of the molecule is Cc1nc(C2(NC(=O)C3CC(c4ccccc4)=NO3)CCCCC2)no1. The Balaban J connectivity index is 1.48. The van der Waals surface area contributed by atoms with Crippen LogP contribution in [-0.2, 0) is 15.2 Å². The molecule has 0 bridgehead atoms. The molecule has 1 aromatic carbocycles. The molecule has 1 aliphatic carbocycles. The highest BCUT2D eigenvalue weighted by atomic mass is 16.6. The molecule has 1 aromatic heterocycles. The Morgan fingerprint density at radius 2 is 1.96 bits per heavy atom. The molecule has 136 valence electrons. The van der Waals surface area contributed by atoms with Crippen LogP contribution in [0.5, 0.6) is 0 Å². The Bertz CT molecular complexity index is 809. The Morgan fingerprint density at radius 3 is 2.65 bits per heavy atom. The summed E-state index contributed by atoms with van der Waals surface area (Å²) in [6.45, 7) is 1.76. The van der Waals surface area contributed by atoms with Gasteiger partial charge in [-0.1, -0.05) is 59.9 Å². The van der Waals surface area contributed by atoms with Crippen LogP contribution in [0, 0.1) is 6.92 Å². The third-order valence-electron chi connectivity index (χ3n) is 5.09. The van der Waals surface area contributed by atoms with Gasteiger partial charge in [0.1, 0.15) is 5.54 Å². The van der Waals surface area contributed by atoms with Gasteiger partial charge in [0.15, 0.2) is 5.82 Å². The van der Waals surface area contributed by atoms with Crippen molar-refractivity contribution in [3.05, 3.63) is 47.6 Å². The zero-order valence-electron chi connectivity index (χ0n) is 14.8. The molecule has 26 heavy (non-hydrogen) atoms. The molecule has 1 fully saturated rings. The van der Waals surface area contributed by atoms with E-state index in [0.717, 1.165) is 43.4 Å². The fourth-order valence-corrected chi connectivity index (χ4v) is 3.69. The Labute approximate surface area is 151 Å². The Morgan fingerprint density at radius 1 is 1.19 bits per heavy atom. The van der Waals surface area contributed by atoms with E-state index in [-0.39, 0.29) is 5.91 Å². The lowest BCUT2D eigenvalue weighted by atomic mass is 9.80. The predicted molar refractivity (Wildman–Crippen MR) is 94.4 cm³/mol. The molecule has 1 saturated carbocycles. The molecule has 4 rings (SSSR count). The summed E-state index contributed by atoms with van der Waals surface area (Å²) >= 11 is 0. The summed E-state index contributed by atoms with van der Waals surface area (Å²) < 4.78 is 5.16. The van der Waals surface area contributed by atoms with Gasteiger partial charge >= 0.3 is 0 Å². The summed E-state index contributed by atoms with van der Waals surface area (Å²) in [6, 6.07) is 9.77. The minimum atomic E-state index is -0.628. The first-order valence-electron chi connectivity index (χ1n) is 9.07. The topological polar surface area (TPSA) is 89.6 Å². The number of carbonyl (C=O) groups is 1. The summed E-state index contributed by atoms with van der Waals surface area (Å²) in [5.74, 6) is 0.889. The fraction of sp³-hybridized carbons (Fsp3) is 0.474. The standard InChI is InChI=1S/C19H22N4O3/c1-13-20-18(23-25-13)19(10-6-3-7-11-19)21-17(24)16-12-15(22-26-16)14-8-4-2-5-9-14/h2,4-5,8-9,16H,3,6-7,10-12H2,1H3,(H,21,24). The van der Waals surface area contributed by atoms with Crippen molar-refractivity contribution >= 4 is 11.6 Å². The van der Waals surface area contributed by atoms with Crippen molar-refractivity contribution in [3.63, 3.8) is 0 Å². The van der Waals surface area contributed by atoms with Gasteiger partial charge in [-0.3, -0.25) is 4.79 Å². The van der Waals surface area contributed by atoms with Crippen LogP contribution in [0.4, 0.5) is 0 Å². The number of aryl methyl sites for hydroxylation is 1. The van der Waals surface area contributed by atoms with Gasteiger partial charge in [0.05, 0.1) is 5.71 Å². The number of hydrogen-bond acceptors (Lipinski definition) is 6. The first-order chi connectivity index (χ1) is 12.7. The smallest absolute Gasteiger partial charge is 0.265 e. The van der Waals surface area contributed by atoms with Crippen molar-refractivity contribution < 1.29 is 14.2 Å². The number of nitrogens with zero attached hydrogens (tertiary/aromatic N) is 3. The van der Waals surface area contributed by atoms with Crippen LogP contribution >= 0.6 is 0 Å². The maximum atomic E-state index is 12.9. The fourth-order valence-electron chi connectivity index (χ4n) is 3.69. The normalized spacial score (nSPS) is 21.7. The van der Waals surface area contributed by atoms with Gasteiger partial charge in [-0.25, -0.2) is 0 Å².